The Hall–Kier alpha value is -3.41. The van der Waals surface area contributed by atoms with Crippen LogP contribution in [0.25, 0.3) is 28.5 Å². The summed E-state index contributed by atoms with van der Waals surface area (Å²) in [4.78, 5) is 18.0. The maximum atomic E-state index is 4.87. The Labute approximate surface area is 150 Å². The molecule has 0 aromatic carbocycles. The number of aromatic nitrogens is 6. The third-order valence-corrected chi connectivity index (χ3v) is 4.67. The number of rotatable bonds is 2. The van der Waals surface area contributed by atoms with Crippen molar-refractivity contribution in [2.45, 2.75) is 19.8 Å². The molecule has 0 radical (unpaired) electrons. The van der Waals surface area contributed by atoms with E-state index in [4.69, 9.17) is 10.1 Å². The van der Waals surface area contributed by atoms with Crippen molar-refractivity contribution in [3.63, 3.8) is 0 Å². The lowest BCUT2D eigenvalue weighted by molar-refractivity contribution is 0.754. The molecule has 6 nitrogen and oxygen atoms in total. The van der Waals surface area contributed by atoms with Gasteiger partial charge in [-0.25, -0.2) is 19.6 Å². The summed E-state index contributed by atoms with van der Waals surface area (Å²) in [6.45, 7) is 2.03. The zero-order valence-corrected chi connectivity index (χ0v) is 14.3. The second-order valence-corrected chi connectivity index (χ2v) is 6.32. The lowest BCUT2D eigenvalue weighted by Crippen LogP contribution is -2.11. The van der Waals surface area contributed by atoms with E-state index in [-0.39, 0.29) is 0 Å². The molecular weight excluding hydrogens is 324 g/mol. The van der Waals surface area contributed by atoms with Crippen molar-refractivity contribution < 1.29 is 0 Å². The predicted molar refractivity (Wildman–Crippen MR) is 97.8 cm³/mol. The minimum Gasteiger partial charge on any atom is -0.264 e. The molecule has 6 heteroatoms. The summed E-state index contributed by atoms with van der Waals surface area (Å²) >= 11 is 0. The summed E-state index contributed by atoms with van der Waals surface area (Å²) in [6.07, 6.45) is 9.06. The van der Waals surface area contributed by atoms with Gasteiger partial charge in [0.1, 0.15) is 0 Å². The number of fused-ring (bicyclic) bond motifs is 3. The van der Waals surface area contributed by atoms with Crippen LogP contribution in [0.4, 0.5) is 0 Å². The first-order valence-corrected chi connectivity index (χ1v) is 8.58. The van der Waals surface area contributed by atoms with Crippen molar-refractivity contribution in [1.82, 2.24) is 29.7 Å². The number of hydrogen-bond acceptors (Lipinski definition) is 5. The van der Waals surface area contributed by atoms with E-state index in [1.807, 2.05) is 48.1 Å². The third kappa shape index (κ3) is 2.30. The van der Waals surface area contributed by atoms with Gasteiger partial charge in [0.25, 0.3) is 0 Å². The molecule has 0 amide bonds. The molecular formula is C20H16N6. The Kier molecular flexibility index (Phi) is 3.35. The Bertz CT molecular complexity index is 1090. The maximum Gasteiger partial charge on any atom is 0.161 e. The molecule has 1 aliphatic carbocycles. The van der Waals surface area contributed by atoms with E-state index >= 15 is 0 Å². The van der Waals surface area contributed by atoms with Gasteiger partial charge in [-0.2, -0.15) is 5.10 Å². The van der Waals surface area contributed by atoms with Crippen LogP contribution in [0.15, 0.2) is 55.1 Å². The van der Waals surface area contributed by atoms with Crippen molar-refractivity contribution in [1.29, 1.82) is 0 Å². The molecule has 0 unspecified atom stereocenters. The second-order valence-electron chi connectivity index (χ2n) is 6.32. The molecule has 0 saturated heterocycles. The van der Waals surface area contributed by atoms with Crippen molar-refractivity contribution in [2.24, 2.45) is 0 Å². The highest BCUT2D eigenvalue weighted by Gasteiger charge is 2.26. The van der Waals surface area contributed by atoms with Gasteiger partial charge >= 0.3 is 0 Å². The zero-order chi connectivity index (χ0) is 17.5. The lowest BCUT2D eigenvalue weighted by atomic mass is 9.93. The quantitative estimate of drug-likeness (QED) is 0.560. The Morgan fingerprint density at radius 3 is 2.73 bits per heavy atom. The van der Waals surface area contributed by atoms with Crippen LogP contribution in [-0.4, -0.2) is 29.7 Å². The molecule has 0 spiro atoms. The lowest BCUT2D eigenvalue weighted by Gasteiger charge is -2.17. The summed E-state index contributed by atoms with van der Waals surface area (Å²) < 4.78 is 1.94. The first kappa shape index (κ1) is 14.9. The Morgan fingerprint density at radius 2 is 1.92 bits per heavy atom. The van der Waals surface area contributed by atoms with Crippen molar-refractivity contribution >= 4 is 0 Å². The monoisotopic (exact) mass is 340 g/mol. The standard InChI is InChI=1S/C20H16N6/c1-13-18-16(26(25-13)17-6-2-3-10-22-17)8-7-14-12-23-20(24-19(14)18)15-5-4-9-21-11-15/h2-6,9-12H,7-8H2,1H3. The molecule has 0 atom stereocenters. The second kappa shape index (κ2) is 5.84. The van der Waals surface area contributed by atoms with Gasteiger partial charge in [0.15, 0.2) is 11.6 Å². The molecule has 0 N–H and O–H groups in total. The Morgan fingerprint density at radius 1 is 0.962 bits per heavy atom. The molecule has 4 aromatic rings. The first-order valence-electron chi connectivity index (χ1n) is 8.58. The van der Waals surface area contributed by atoms with Crippen molar-refractivity contribution in [3.05, 3.63) is 72.1 Å². The van der Waals surface area contributed by atoms with Gasteiger partial charge in [-0.05, 0) is 49.6 Å². The van der Waals surface area contributed by atoms with Crippen LogP contribution in [0.1, 0.15) is 17.0 Å². The fourth-order valence-electron chi connectivity index (χ4n) is 3.48. The molecule has 1 aliphatic rings. The maximum absolute atomic E-state index is 4.87. The average Bonchev–Trinajstić information content (AvgIpc) is 3.06. The molecule has 0 saturated carbocycles. The highest BCUT2D eigenvalue weighted by molar-refractivity contribution is 5.73. The molecule has 126 valence electrons. The summed E-state index contributed by atoms with van der Waals surface area (Å²) in [5.41, 5.74) is 6.27. The number of nitrogens with zero attached hydrogens (tertiary/aromatic N) is 6. The van der Waals surface area contributed by atoms with E-state index in [2.05, 4.69) is 15.0 Å². The number of pyridine rings is 2. The highest BCUT2D eigenvalue weighted by Crippen LogP contribution is 2.36. The van der Waals surface area contributed by atoms with Gasteiger partial charge in [-0.3, -0.25) is 4.98 Å². The molecule has 26 heavy (non-hydrogen) atoms. The van der Waals surface area contributed by atoms with Crippen LogP contribution in [0.5, 0.6) is 0 Å². The fraction of sp³-hybridized carbons (Fsp3) is 0.150. The van der Waals surface area contributed by atoms with E-state index < -0.39 is 0 Å². The highest BCUT2D eigenvalue weighted by atomic mass is 15.3. The summed E-state index contributed by atoms with van der Waals surface area (Å²) in [7, 11) is 0. The number of hydrogen-bond donors (Lipinski definition) is 0. The Balaban J connectivity index is 1.69. The van der Waals surface area contributed by atoms with Gasteiger partial charge in [0.2, 0.25) is 0 Å². The largest absolute Gasteiger partial charge is 0.264 e. The van der Waals surface area contributed by atoms with Crippen LogP contribution < -0.4 is 0 Å². The summed E-state index contributed by atoms with van der Waals surface area (Å²) in [5.74, 6) is 1.52. The van der Waals surface area contributed by atoms with Gasteiger partial charge in [0, 0.05) is 35.9 Å². The van der Waals surface area contributed by atoms with Gasteiger partial charge in [-0.15, -0.1) is 0 Å². The minimum atomic E-state index is 0.690. The minimum absolute atomic E-state index is 0.690. The molecule has 0 aliphatic heterocycles. The molecule has 4 heterocycles. The molecule has 5 rings (SSSR count). The summed E-state index contributed by atoms with van der Waals surface area (Å²) in [5, 5.41) is 4.75. The SMILES string of the molecule is Cc1nn(-c2ccccn2)c2c1-c1nc(-c3cccnc3)ncc1CC2. The van der Waals surface area contributed by atoms with Crippen LogP contribution in [0.2, 0.25) is 0 Å². The van der Waals surface area contributed by atoms with E-state index in [9.17, 15) is 0 Å². The van der Waals surface area contributed by atoms with Crippen LogP contribution >= 0.6 is 0 Å². The van der Waals surface area contributed by atoms with Gasteiger partial charge in [-0.1, -0.05) is 6.07 Å². The average molecular weight is 340 g/mol. The van der Waals surface area contributed by atoms with Crippen molar-refractivity contribution in [2.75, 3.05) is 0 Å². The summed E-state index contributed by atoms with van der Waals surface area (Å²) in [6, 6.07) is 9.74. The topological polar surface area (TPSA) is 69.4 Å². The molecule has 0 fully saturated rings. The molecule has 4 aromatic heterocycles. The van der Waals surface area contributed by atoms with Gasteiger partial charge in [0.05, 0.1) is 17.1 Å². The van der Waals surface area contributed by atoms with Crippen LogP contribution in [-0.2, 0) is 12.8 Å². The van der Waals surface area contributed by atoms with E-state index in [0.29, 0.717) is 5.82 Å². The van der Waals surface area contributed by atoms with E-state index in [1.54, 1.807) is 18.6 Å². The normalized spacial score (nSPS) is 12.5. The van der Waals surface area contributed by atoms with E-state index in [0.717, 1.165) is 52.4 Å². The smallest absolute Gasteiger partial charge is 0.161 e. The predicted octanol–water partition coefficient (Wildman–Crippen LogP) is 3.19. The van der Waals surface area contributed by atoms with Crippen LogP contribution in [0, 0.1) is 6.92 Å². The fourth-order valence-corrected chi connectivity index (χ4v) is 3.48. The van der Waals surface area contributed by atoms with Crippen molar-refractivity contribution in [3.8, 4) is 28.5 Å². The first-order chi connectivity index (χ1) is 12.8. The van der Waals surface area contributed by atoms with Gasteiger partial charge < -0.3 is 0 Å². The molecule has 0 bridgehead atoms. The van der Waals surface area contributed by atoms with E-state index in [1.165, 1.54) is 0 Å². The third-order valence-electron chi connectivity index (χ3n) is 4.67. The number of aryl methyl sites for hydroxylation is 2. The zero-order valence-electron chi connectivity index (χ0n) is 14.3. The van der Waals surface area contributed by atoms with Crippen LogP contribution in [0.3, 0.4) is 0 Å².